The Bertz CT molecular complexity index is 724. The maximum Gasteiger partial charge on any atom is 0.0175 e. The zero-order valence-electron chi connectivity index (χ0n) is 10.4. The van der Waals surface area contributed by atoms with E-state index < -0.39 is 0 Å². The summed E-state index contributed by atoms with van der Waals surface area (Å²) in [5.74, 6) is 0. The smallest absolute Gasteiger partial charge is 0.0175 e. The summed E-state index contributed by atoms with van der Waals surface area (Å²) in [6, 6.07) is 23.3. The van der Waals surface area contributed by atoms with Gasteiger partial charge in [-0.3, -0.25) is 0 Å². The van der Waals surface area contributed by atoms with Crippen molar-refractivity contribution in [3.8, 4) is 0 Å². The molecule has 0 aliphatic rings. The van der Waals surface area contributed by atoms with Crippen LogP contribution in [0.5, 0.6) is 0 Å². The lowest BCUT2D eigenvalue weighted by atomic mass is 10.1. The van der Waals surface area contributed by atoms with Gasteiger partial charge in [0, 0.05) is 4.47 Å². The Hall–Kier alpha value is -1.86. The van der Waals surface area contributed by atoms with Crippen LogP contribution in [0.3, 0.4) is 0 Å². The van der Waals surface area contributed by atoms with Crippen molar-refractivity contribution in [1.82, 2.24) is 0 Å². The number of halogens is 1. The van der Waals surface area contributed by atoms with Gasteiger partial charge in [0.2, 0.25) is 0 Å². The Morgan fingerprint density at radius 1 is 0.632 bits per heavy atom. The molecule has 0 N–H and O–H groups in total. The average molecular weight is 309 g/mol. The van der Waals surface area contributed by atoms with Gasteiger partial charge in [-0.15, -0.1) is 0 Å². The molecular weight excluding hydrogens is 296 g/mol. The van der Waals surface area contributed by atoms with Crippen molar-refractivity contribution in [2.45, 2.75) is 0 Å². The predicted molar refractivity (Wildman–Crippen MR) is 87.0 cm³/mol. The Kier molecular flexibility index (Phi) is 3.47. The second kappa shape index (κ2) is 5.41. The molecule has 3 rings (SSSR count). The van der Waals surface area contributed by atoms with Gasteiger partial charge in [0.05, 0.1) is 0 Å². The molecule has 0 unspecified atom stereocenters. The van der Waals surface area contributed by atoms with Crippen molar-refractivity contribution >= 4 is 38.9 Å². The van der Waals surface area contributed by atoms with Crippen LogP contribution >= 0.6 is 15.9 Å². The standard InChI is InChI=1S/C18H13Br/c19-18-11-8-14(9-12-18)5-6-15-7-10-16-3-1-2-4-17(16)13-15/h1-13H/b6-5-. The SMILES string of the molecule is Brc1ccc(/C=C\c2ccc3ccccc3c2)cc1. The first kappa shape index (κ1) is 12.2. The summed E-state index contributed by atoms with van der Waals surface area (Å²) in [6.45, 7) is 0. The Balaban J connectivity index is 1.90. The van der Waals surface area contributed by atoms with Gasteiger partial charge in [-0.2, -0.15) is 0 Å². The molecule has 3 aromatic rings. The van der Waals surface area contributed by atoms with Crippen molar-refractivity contribution < 1.29 is 0 Å². The highest BCUT2D eigenvalue weighted by molar-refractivity contribution is 9.10. The highest BCUT2D eigenvalue weighted by Gasteiger charge is 1.93. The minimum Gasteiger partial charge on any atom is -0.0616 e. The fourth-order valence-electron chi connectivity index (χ4n) is 2.08. The summed E-state index contributed by atoms with van der Waals surface area (Å²) >= 11 is 3.44. The van der Waals surface area contributed by atoms with Gasteiger partial charge in [0.25, 0.3) is 0 Å². The molecular formula is C18H13Br. The van der Waals surface area contributed by atoms with Gasteiger partial charge in [-0.25, -0.2) is 0 Å². The molecule has 0 aromatic heterocycles. The van der Waals surface area contributed by atoms with E-state index in [9.17, 15) is 0 Å². The van der Waals surface area contributed by atoms with E-state index in [1.165, 1.54) is 21.9 Å². The molecule has 0 radical (unpaired) electrons. The normalized spacial score (nSPS) is 11.2. The number of fused-ring (bicyclic) bond motifs is 1. The fraction of sp³-hybridized carbons (Fsp3) is 0. The van der Waals surface area contributed by atoms with Crippen LogP contribution in [0.4, 0.5) is 0 Å². The second-order valence-corrected chi connectivity index (χ2v) is 5.41. The highest BCUT2D eigenvalue weighted by Crippen LogP contribution is 2.18. The maximum atomic E-state index is 3.44. The van der Waals surface area contributed by atoms with Crippen LogP contribution in [-0.2, 0) is 0 Å². The first-order valence-corrected chi connectivity index (χ1v) is 7.03. The van der Waals surface area contributed by atoms with E-state index in [2.05, 4.69) is 94.8 Å². The van der Waals surface area contributed by atoms with E-state index in [1.54, 1.807) is 0 Å². The third-order valence-corrected chi connectivity index (χ3v) is 3.64. The summed E-state index contributed by atoms with van der Waals surface area (Å²) in [6.07, 6.45) is 4.28. The Morgan fingerprint density at radius 3 is 2.05 bits per heavy atom. The molecule has 0 bridgehead atoms. The molecule has 0 amide bonds. The number of hydrogen-bond donors (Lipinski definition) is 0. The van der Waals surface area contributed by atoms with Gasteiger partial charge < -0.3 is 0 Å². The van der Waals surface area contributed by atoms with Gasteiger partial charge in [0.1, 0.15) is 0 Å². The van der Waals surface area contributed by atoms with Crippen LogP contribution in [0.15, 0.2) is 71.2 Å². The molecule has 92 valence electrons. The van der Waals surface area contributed by atoms with E-state index in [1.807, 2.05) is 0 Å². The molecule has 3 aromatic carbocycles. The minimum atomic E-state index is 1.11. The molecule has 0 fully saturated rings. The number of hydrogen-bond acceptors (Lipinski definition) is 0. The van der Waals surface area contributed by atoms with Gasteiger partial charge in [-0.1, -0.05) is 76.6 Å². The first-order chi connectivity index (χ1) is 9.31. The number of benzene rings is 3. The van der Waals surface area contributed by atoms with Crippen molar-refractivity contribution in [2.75, 3.05) is 0 Å². The monoisotopic (exact) mass is 308 g/mol. The zero-order chi connectivity index (χ0) is 13.1. The van der Waals surface area contributed by atoms with Crippen LogP contribution in [0.2, 0.25) is 0 Å². The molecule has 0 saturated carbocycles. The van der Waals surface area contributed by atoms with E-state index in [0.717, 1.165) is 4.47 Å². The van der Waals surface area contributed by atoms with Crippen molar-refractivity contribution in [2.24, 2.45) is 0 Å². The number of rotatable bonds is 2. The molecule has 0 heterocycles. The van der Waals surface area contributed by atoms with Gasteiger partial charge in [0.15, 0.2) is 0 Å². The highest BCUT2D eigenvalue weighted by atomic mass is 79.9. The Labute approximate surface area is 121 Å². The molecule has 1 heteroatoms. The summed E-state index contributed by atoms with van der Waals surface area (Å²) in [5, 5.41) is 2.56. The summed E-state index contributed by atoms with van der Waals surface area (Å²) in [5.41, 5.74) is 2.43. The summed E-state index contributed by atoms with van der Waals surface area (Å²) < 4.78 is 1.11. The van der Waals surface area contributed by atoms with Crippen LogP contribution in [-0.4, -0.2) is 0 Å². The average Bonchev–Trinajstić information content (AvgIpc) is 2.46. The molecule has 0 atom stereocenters. The topological polar surface area (TPSA) is 0 Å². The van der Waals surface area contributed by atoms with Crippen LogP contribution in [0, 0.1) is 0 Å². The maximum absolute atomic E-state index is 3.44. The van der Waals surface area contributed by atoms with Gasteiger partial charge >= 0.3 is 0 Å². The first-order valence-electron chi connectivity index (χ1n) is 6.24. The van der Waals surface area contributed by atoms with E-state index in [0.29, 0.717) is 0 Å². The lowest BCUT2D eigenvalue weighted by Crippen LogP contribution is -1.75. The summed E-state index contributed by atoms with van der Waals surface area (Å²) in [7, 11) is 0. The van der Waals surface area contributed by atoms with Crippen molar-refractivity contribution in [3.63, 3.8) is 0 Å². The minimum absolute atomic E-state index is 1.11. The largest absolute Gasteiger partial charge is 0.0616 e. The van der Waals surface area contributed by atoms with E-state index >= 15 is 0 Å². The lowest BCUT2D eigenvalue weighted by Gasteiger charge is -1.99. The van der Waals surface area contributed by atoms with Crippen molar-refractivity contribution in [3.05, 3.63) is 82.3 Å². The van der Waals surface area contributed by atoms with E-state index in [-0.39, 0.29) is 0 Å². The fourth-order valence-corrected chi connectivity index (χ4v) is 2.34. The lowest BCUT2D eigenvalue weighted by molar-refractivity contribution is 1.61. The van der Waals surface area contributed by atoms with Crippen LogP contribution in [0.1, 0.15) is 11.1 Å². The second-order valence-electron chi connectivity index (χ2n) is 4.49. The molecule has 0 nitrogen and oxygen atoms in total. The third-order valence-electron chi connectivity index (χ3n) is 3.11. The quantitative estimate of drug-likeness (QED) is 0.527. The van der Waals surface area contributed by atoms with Crippen LogP contribution in [0.25, 0.3) is 22.9 Å². The third kappa shape index (κ3) is 2.94. The molecule has 0 aliphatic heterocycles. The zero-order valence-corrected chi connectivity index (χ0v) is 12.0. The molecule has 19 heavy (non-hydrogen) atoms. The summed E-state index contributed by atoms with van der Waals surface area (Å²) in [4.78, 5) is 0. The Morgan fingerprint density at radius 2 is 1.26 bits per heavy atom. The predicted octanol–water partition coefficient (Wildman–Crippen LogP) is 5.77. The van der Waals surface area contributed by atoms with E-state index in [4.69, 9.17) is 0 Å². The molecule has 0 saturated heterocycles. The molecule has 0 aliphatic carbocycles. The van der Waals surface area contributed by atoms with Crippen molar-refractivity contribution in [1.29, 1.82) is 0 Å². The van der Waals surface area contributed by atoms with Crippen LogP contribution < -0.4 is 0 Å². The molecule has 0 spiro atoms. The van der Waals surface area contributed by atoms with Gasteiger partial charge in [-0.05, 0) is 40.1 Å².